The maximum absolute atomic E-state index is 11.8. The van der Waals surface area contributed by atoms with Crippen molar-refractivity contribution in [3.05, 3.63) is 35.4 Å². The van der Waals surface area contributed by atoms with Gasteiger partial charge in [-0.3, -0.25) is 14.2 Å². The molecular formula is C12H16ClN5O. The lowest BCUT2D eigenvalue weighted by molar-refractivity contribution is 0.0952. The largest absolute Gasteiger partial charge is 0.352 e. The molecule has 102 valence electrons. The van der Waals surface area contributed by atoms with E-state index >= 15 is 0 Å². The summed E-state index contributed by atoms with van der Waals surface area (Å²) in [6.45, 7) is 4.05. The van der Waals surface area contributed by atoms with E-state index in [1.807, 2.05) is 6.92 Å². The van der Waals surface area contributed by atoms with Gasteiger partial charge in [0, 0.05) is 32.0 Å². The number of carbonyl (C=O) groups excluding carboxylic acids is 1. The van der Waals surface area contributed by atoms with E-state index in [-0.39, 0.29) is 5.91 Å². The third-order valence-electron chi connectivity index (χ3n) is 2.67. The van der Waals surface area contributed by atoms with Gasteiger partial charge in [0.1, 0.15) is 0 Å². The first-order valence-electron chi connectivity index (χ1n) is 6.17. The van der Waals surface area contributed by atoms with E-state index in [1.54, 1.807) is 34.2 Å². The summed E-state index contributed by atoms with van der Waals surface area (Å²) in [6, 6.07) is 0. The summed E-state index contributed by atoms with van der Waals surface area (Å²) in [5, 5.41) is 11.6. The summed E-state index contributed by atoms with van der Waals surface area (Å²) < 4.78 is 3.48. The molecule has 0 radical (unpaired) electrons. The number of aromatic nitrogens is 4. The van der Waals surface area contributed by atoms with E-state index in [0.717, 1.165) is 19.5 Å². The fraction of sp³-hybridized carbons (Fsp3) is 0.417. The van der Waals surface area contributed by atoms with Crippen LogP contribution in [0.5, 0.6) is 0 Å². The van der Waals surface area contributed by atoms with Gasteiger partial charge in [-0.1, -0.05) is 11.6 Å². The highest BCUT2D eigenvalue weighted by Crippen LogP contribution is 2.04. The minimum atomic E-state index is -0.0989. The summed E-state index contributed by atoms with van der Waals surface area (Å²) >= 11 is 5.76. The number of rotatable bonds is 6. The second-order valence-electron chi connectivity index (χ2n) is 4.12. The summed E-state index contributed by atoms with van der Waals surface area (Å²) in [6.07, 6.45) is 7.47. The Hall–Kier alpha value is -1.82. The summed E-state index contributed by atoms with van der Waals surface area (Å²) in [4.78, 5) is 11.8. The number of hydrogen-bond acceptors (Lipinski definition) is 3. The van der Waals surface area contributed by atoms with Crippen molar-refractivity contribution in [3.63, 3.8) is 0 Å². The van der Waals surface area contributed by atoms with Gasteiger partial charge in [-0.25, -0.2) is 0 Å². The quantitative estimate of drug-likeness (QED) is 0.818. The molecule has 0 aliphatic heterocycles. The molecule has 0 aliphatic rings. The molecule has 0 saturated carbocycles. The Morgan fingerprint density at radius 3 is 2.74 bits per heavy atom. The number of amides is 1. The Morgan fingerprint density at radius 1 is 1.32 bits per heavy atom. The third kappa shape index (κ3) is 3.82. The van der Waals surface area contributed by atoms with Crippen LogP contribution in [0.1, 0.15) is 23.7 Å². The molecule has 2 aromatic rings. The number of aryl methyl sites for hydroxylation is 2. The summed E-state index contributed by atoms with van der Waals surface area (Å²) in [7, 11) is 0. The van der Waals surface area contributed by atoms with Gasteiger partial charge in [-0.15, -0.1) is 0 Å². The lowest BCUT2D eigenvalue weighted by Crippen LogP contribution is -2.25. The molecule has 7 heteroatoms. The van der Waals surface area contributed by atoms with Gasteiger partial charge in [0.05, 0.1) is 23.0 Å². The fourth-order valence-corrected chi connectivity index (χ4v) is 1.82. The zero-order valence-corrected chi connectivity index (χ0v) is 11.5. The number of carbonyl (C=O) groups is 1. The zero-order chi connectivity index (χ0) is 13.7. The Kier molecular flexibility index (Phi) is 4.57. The van der Waals surface area contributed by atoms with Crippen molar-refractivity contribution in [1.82, 2.24) is 24.9 Å². The van der Waals surface area contributed by atoms with E-state index in [4.69, 9.17) is 11.6 Å². The molecule has 1 N–H and O–H groups in total. The maximum atomic E-state index is 11.8. The first-order chi connectivity index (χ1) is 9.19. The van der Waals surface area contributed by atoms with Gasteiger partial charge in [0.2, 0.25) is 0 Å². The molecule has 6 nitrogen and oxygen atoms in total. The highest BCUT2D eigenvalue weighted by Gasteiger charge is 2.07. The first-order valence-corrected chi connectivity index (χ1v) is 6.55. The summed E-state index contributed by atoms with van der Waals surface area (Å²) in [5.41, 5.74) is 0.587. The van der Waals surface area contributed by atoms with Crippen molar-refractivity contribution in [2.24, 2.45) is 0 Å². The van der Waals surface area contributed by atoms with Crippen LogP contribution < -0.4 is 5.32 Å². The van der Waals surface area contributed by atoms with Crippen LogP contribution in [0.25, 0.3) is 0 Å². The van der Waals surface area contributed by atoms with Crippen LogP contribution in [0.15, 0.2) is 24.8 Å². The number of nitrogens with zero attached hydrogens (tertiary/aromatic N) is 4. The topological polar surface area (TPSA) is 64.7 Å². The molecule has 0 bridgehead atoms. The highest BCUT2D eigenvalue weighted by atomic mass is 35.5. The first kappa shape index (κ1) is 13.6. The predicted molar refractivity (Wildman–Crippen MR) is 72.1 cm³/mol. The van der Waals surface area contributed by atoms with Gasteiger partial charge in [-0.2, -0.15) is 10.2 Å². The molecule has 0 aliphatic carbocycles. The van der Waals surface area contributed by atoms with Crippen LogP contribution in [-0.4, -0.2) is 32.0 Å². The van der Waals surface area contributed by atoms with E-state index in [1.165, 1.54) is 0 Å². The van der Waals surface area contributed by atoms with Crippen LogP contribution >= 0.6 is 11.6 Å². The predicted octanol–water partition coefficient (Wildman–Crippen LogP) is 1.57. The van der Waals surface area contributed by atoms with Crippen molar-refractivity contribution < 1.29 is 4.79 Å². The average molecular weight is 282 g/mol. The van der Waals surface area contributed by atoms with Crippen molar-refractivity contribution in [3.8, 4) is 0 Å². The molecular weight excluding hydrogens is 266 g/mol. The second kappa shape index (κ2) is 6.38. The lowest BCUT2D eigenvalue weighted by atomic mass is 10.3. The minimum absolute atomic E-state index is 0.0989. The second-order valence-corrected chi connectivity index (χ2v) is 4.55. The fourth-order valence-electron chi connectivity index (χ4n) is 1.66. The summed E-state index contributed by atoms with van der Waals surface area (Å²) in [5.74, 6) is -0.0989. The Morgan fingerprint density at radius 2 is 2.11 bits per heavy atom. The molecule has 0 unspecified atom stereocenters. The van der Waals surface area contributed by atoms with Gasteiger partial charge >= 0.3 is 0 Å². The highest BCUT2D eigenvalue weighted by molar-refractivity contribution is 6.30. The van der Waals surface area contributed by atoms with Crippen molar-refractivity contribution in [1.29, 1.82) is 0 Å². The SMILES string of the molecule is CCn1cc(C(=O)NCCCn2cc(Cl)cn2)cn1. The average Bonchev–Trinajstić information content (AvgIpc) is 3.03. The molecule has 0 fully saturated rings. The molecule has 2 aromatic heterocycles. The molecule has 0 atom stereocenters. The number of hydrogen-bond donors (Lipinski definition) is 1. The van der Waals surface area contributed by atoms with Crippen molar-refractivity contribution in [2.45, 2.75) is 26.4 Å². The molecule has 0 saturated heterocycles. The standard InChI is InChI=1S/C12H16ClN5O/c1-2-17-8-10(6-15-17)12(19)14-4-3-5-18-9-11(13)7-16-18/h6-9H,2-5H2,1H3,(H,14,19). The normalized spacial score (nSPS) is 10.6. The van der Waals surface area contributed by atoms with Gasteiger partial charge < -0.3 is 5.32 Å². The van der Waals surface area contributed by atoms with Crippen molar-refractivity contribution >= 4 is 17.5 Å². The van der Waals surface area contributed by atoms with Crippen LogP contribution in [0.3, 0.4) is 0 Å². The number of nitrogens with one attached hydrogen (secondary N) is 1. The maximum Gasteiger partial charge on any atom is 0.254 e. The molecule has 2 rings (SSSR count). The molecule has 1 amide bonds. The molecule has 0 aromatic carbocycles. The Bertz CT molecular complexity index is 548. The zero-order valence-electron chi connectivity index (χ0n) is 10.7. The van der Waals surface area contributed by atoms with Gasteiger partial charge in [-0.05, 0) is 13.3 Å². The Balaban J connectivity index is 1.72. The van der Waals surface area contributed by atoms with Crippen LogP contribution in [-0.2, 0) is 13.1 Å². The van der Waals surface area contributed by atoms with E-state index in [0.29, 0.717) is 17.1 Å². The van der Waals surface area contributed by atoms with Crippen LogP contribution in [0.4, 0.5) is 0 Å². The smallest absolute Gasteiger partial charge is 0.254 e. The third-order valence-corrected chi connectivity index (χ3v) is 2.87. The lowest BCUT2D eigenvalue weighted by Gasteiger charge is -2.03. The molecule has 0 spiro atoms. The molecule has 2 heterocycles. The minimum Gasteiger partial charge on any atom is -0.352 e. The van der Waals surface area contributed by atoms with Crippen LogP contribution in [0, 0.1) is 0 Å². The molecule has 19 heavy (non-hydrogen) atoms. The Labute approximate surface area is 116 Å². The van der Waals surface area contributed by atoms with Gasteiger partial charge in [0.15, 0.2) is 0 Å². The monoisotopic (exact) mass is 281 g/mol. The van der Waals surface area contributed by atoms with E-state index in [9.17, 15) is 4.79 Å². The van der Waals surface area contributed by atoms with E-state index < -0.39 is 0 Å². The number of halogens is 1. The van der Waals surface area contributed by atoms with Gasteiger partial charge in [0.25, 0.3) is 5.91 Å². The van der Waals surface area contributed by atoms with Crippen LogP contribution in [0.2, 0.25) is 5.02 Å². The van der Waals surface area contributed by atoms with E-state index in [2.05, 4.69) is 15.5 Å². The van der Waals surface area contributed by atoms with Crippen molar-refractivity contribution in [2.75, 3.05) is 6.54 Å².